The molecule has 0 radical (unpaired) electrons. The number of nitrogens with zero attached hydrogens (tertiary/aromatic N) is 4. The van der Waals surface area contributed by atoms with Crippen molar-refractivity contribution in [2.75, 3.05) is 33.2 Å². The molecule has 0 aliphatic carbocycles. The molecule has 0 spiro atoms. The van der Waals surface area contributed by atoms with E-state index in [-0.39, 0.29) is 29.7 Å². The lowest BCUT2D eigenvalue weighted by Crippen LogP contribution is -2.54. The SMILES string of the molecule is CN1CC2C[C@H](N)C(=O)N3[C@H](CC[C@H]3C(=O)N3C[C@H](c4ccccc4)[C@@H](C#N)C3)[C@H]2C1. The van der Waals surface area contributed by atoms with Crippen LogP contribution in [0.4, 0.5) is 0 Å². The zero-order chi connectivity index (χ0) is 21.7. The van der Waals surface area contributed by atoms with Gasteiger partial charge in [0.2, 0.25) is 11.8 Å². The highest BCUT2D eigenvalue weighted by Crippen LogP contribution is 2.42. The van der Waals surface area contributed by atoms with Crippen LogP contribution in [-0.2, 0) is 9.59 Å². The van der Waals surface area contributed by atoms with E-state index in [4.69, 9.17) is 5.73 Å². The van der Waals surface area contributed by atoms with Crippen LogP contribution in [0.5, 0.6) is 0 Å². The fourth-order valence-electron chi connectivity index (χ4n) is 6.60. The molecule has 5 rings (SSSR count). The Morgan fingerprint density at radius 1 is 1.13 bits per heavy atom. The monoisotopic (exact) mass is 421 g/mol. The highest BCUT2D eigenvalue weighted by atomic mass is 16.2. The first kappa shape index (κ1) is 20.5. The molecule has 0 saturated carbocycles. The molecule has 4 saturated heterocycles. The molecule has 2 amide bonds. The van der Waals surface area contributed by atoms with E-state index >= 15 is 0 Å². The Morgan fingerprint density at radius 3 is 2.65 bits per heavy atom. The summed E-state index contributed by atoms with van der Waals surface area (Å²) >= 11 is 0. The van der Waals surface area contributed by atoms with Gasteiger partial charge in [0.25, 0.3) is 0 Å². The molecule has 164 valence electrons. The molecule has 1 unspecified atom stereocenters. The van der Waals surface area contributed by atoms with Gasteiger partial charge in [0.1, 0.15) is 6.04 Å². The van der Waals surface area contributed by atoms with Gasteiger partial charge in [-0.05, 0) is 43.7 Å². The molecule has 7 heteroatoms. The van der Waals surface area contributed by atoms with Gasteiger partial charge in [-0.2, -0.15) is 5.26 Å². The summed E-state index contributed by atoms with van der Waals surface area (Å²) in [6.45, 7) is 2.90. The maximum absolute atomic E-state index is 13.6. The quantitative estimate of drug-likeness (QED) is 0.770. The Morgan fingerprint density at radius 2 is 1.90 bits per heavy atom. The van der Waals surface area contributed by atoms with Crippen LogP contribution in [0.15, 0.2) is 30.3 Å². The van der Waals surface area contributed by atoms with Gasteiger partial charge in [-0.15, -0.1) is 0 Å². The van der Waals surface area contributed by atoms with E-state index in [1.165, 1.54) is 0 Å². The molecule has 1 aromatic carbocycles. The standard InChI is InChI=1S/C24H31N5O2/c1-27-11-16-9-20(26)23(30)29-21(19(16)13-27)7-8-22(29)24(31)28-12-17(10-25)18(14-28)15-5-3-2-4-6-15/h2-6,16-22H,7-9,11-14,26H2,1H3/t16?,17-,18+,19-,20-,21+,22-/m0/s1. The summed E-state index contributed by atoms with van der Waals surface area (Å²) in [6.07, 6.45) is 2.26. The normalized spacial score (nSPS) is 38.0. The largest absolute Gasteiger partial charge is 0.339 e. The summed E-state index contributed by atoms with van der Waals surface area (Å²) in [7, 11) is 2.12. The molecule has 7 atom stereocenters. The van der Waals surface area contributed by atoms with Gasteiger partial charge in [0, 0.05) is 38.1 Å². The number of amides is 2. The van der Waals surface area contributed by atoms with Crippen LogP contribution in [0, 0.1) is 29.1 Å². The maximum atomic E-state index is 13.6. The van der Waals surface area contributed by atoms with Gasteiger partial charge in [-0.25, -0.2) is 0 Å². The average Bonchev–Trinajstić information content (AvgIpc) is 3.48. The Balaban J connectivity index is 1.37. The smallest absolute Gasteiger partial charge is 0.245 e. The maximum Gasteiger partial charge on any atom is 0.245 e. The van der Waals surface area contributed by atoms with Gasteiger partial charge in [0.15, 0.2) is 0 Å². The van der Waals surface area contributed by atoms with Crippen molar-refractivity contribution in [3.63, 3.8) is 0 Å². The third kappa shape index (κ3) is 3.42. The molecular weight excluding hydrogens is 390 g/mol. The molecule has 4 aliphatic rings. The van der Waals surface area contributed by atoms with Gasteiger partial charge in [0.05, 0.1) is 18.0 Å². The van der Waals surface area contributed by atoms with Gasteiger partial charge in [-0.1, -0.05) is 30.3 Å². The third-order valence-electron chi connectivity index (χ3n) is 8.04. The Kier molecular flexibility index (Phi) is 5.23. The molecule has 0 bridgehead atoms. The number of benzene rings is 1. The van der Waals surface area contributed by atoms with Crippen LogP contribution in [0.1, 0.15) is 30.7 Å². The minimum absolute atomic E-state index is 0.00784. The lowest BCUT2D eigenvalue weighted by molar-refractivity contribution is -0.145. The Bertz CT molecular complexity index is 899. The minimum Gasteiger partial charge on any atom is -0.339 e. The van der Waals surface area contributed by atoms with E-state index in [2.05, 4.69) is 18.0 Å². The summed E-state index contributed by atoms with van der Waals surface area (Å²) in [5, 5.41) is 9.72. The predicted octanol–water partition coefficient (Wildman–Crippen LogP) is 1.02. The van der Waals surface area contributed by atoms with E-state index < -0.39 is 12.1 Å². The van der Waals surface area contributed by atoms with Crippen molar-refractivity contribution in [2.24, 2.45) is 23.5 Å². The first-order valence-electron chi connectivity index (χ1n) is 11.5. The second kappa shape index (κ2) is 7.92. The topological polar surface area (TPSA) is 93.7 Å². The second-order valence-corrected chi connectivity index (χ2v) is 9.89. The van der Waals surface area contributed by atoms with Crippen molar-refractivity contribution in [2.45, 2.75) is 43.3 Å². The summed E-state index contributed by atoms with van der Waals surface area (Å²) in [5.74, 6) is 0.536. The summed E-state index contributed by atoms with van der Waals surface area (Å²) in [4.78, 5) is 32.9. The molecule has 4 aliphatic heterocycles. The van der Waals surface area contributed by atoms with Crippen LogP contribution in [0.3, 0.4) is 0 Å². The zero-order valence-corrected chi connectivity index (χ0v) is 18.1. The van der Waals surface area contributed by atoms with Gasteiger partial charge >= 0.3 is 0 Å². The van der Waals surface area contributed by atoms with E-state index in [1.807, 2.05) is 40.1 Å². The van der Waals surface area contributed by atoms with Crippen LogP contribution in [-0.4, -0.2) is 77.9 Å². The molecule has 0 aromatic heterocycles. The van der Waals surface area contributed by atoms with Crippen molar-refractivity contribution in [3.05, 3.63) is 35.9 Å². The minimum atomic E-state index is -0.528. The van der Waals surface area contributed by atoms with E-state index in [0.29, 0.717) is 37.8 Å². The first-order chi connectivity index (χ1) is 15.0. The summed E-state index contributed by atoms with van der Waals surface area (Å²) in [5.41, 5.74) is 7.41. The third-order valence-corrected chi connectivity index (χ3v) is 8.04. The van der Waals surface area contributed by atoms with Crippen molar-refractivity contribution in [1.82, 2.24) is 14.7 Å². The number of nitriles is 1. The highest BCUT2D eigenvalue weighted by Gasteiger charge is 2.53. The van der Waals surface area contributed by atoms with Crippen molar-refractivity contribution >= 4 is 11.8 Å². The zero-order valence-electron chi connectivity index (χ0n) is 18.1. The molecule has 31 heavy (non-hydrogen) atoms. The number of carbonyl (C=O) groups is 2. The number of hydrogen-bond donors (Lipinski definition) is 1. The number of fused-ring (bicyclic) bond motifs is 3. The molecule has 2 N–H and O–H groups in total. The predicted molar refractivity (Wildman–Crippen MR) is 116 cm³/mol. The van der Waals surface area contributed by atoms with E-state index in [0.717, 1.165) is 25.1 Å². The van der Waals surface area contributed by atoms with Crippen molar-refractivity contribution < 1.29 is 9.59 Å². The molecular formula is C24H31N5O2. The number of carbonyl (C=O) groups excluding carboxylic acids is 2. The fraction of sp³-hybridized carbons (Fsp3) is 0.625. The lowest BCUT2D eigenvalue weighted by atomic mass is 9.85. The average molecular weight is 422 g/mol. The summed E-state index contributed by atoms with van der Waals surface area (Å²) in [6, 6.07) is 11.5. The number of nitrogens with two attached hydrogens (primary N) is 1. The Hall–Kier alpha value is -2.43. The van der Waals surface area contributed by atoms with Crippen LogP contribution in [0.25, 0.3) is 0 Å². The highest BCUT2D eigenvalue weighted by molar-refractivity contribution is 5.91. The molecule has 4 heterocycles. The van der Waals surface area contributed by atoms with Crippen molar-refractivity contribution in [1.29, 1.82) is 5.26 Å². The number of hydrogen-bond acceptors (Lipinski definition) is 5. The number of likely N-dealkylation sites (tertiary alicyclic amines) is 2. The molecule has 1 aromatic rings. The molecule has 4 fully saturated rings. The van der Waals surface area contributed by atoms with Crippen LogP contribution < -0.4 is 5.73 Å². The first-order valence-corrected chi connectivity index (χ1v) is 11.5. The van der Waals surface area contributed by atoms with Crippen molar-refractivity contribution in [3.8, 4) is 6.07 Å². The second-order valence-electron chi connectivity index (χ2n) is 9.89. The number of rotatable bonds is 2. The summed E-state index contributed by atoms with van der Waals surface area (Å²) < 4.78 is 0. The van der Waals surface area contributed by atoms with E-state index in [9.17, 15) is 14.9 Å². The van der Waals surface area contributed by atoms with Crippen LogP contribution >= 0.6 is 0 Å². The van der Waals surface area contributed by atoms with Gasteiger partial charge in [-0.3, -0.25) is 9.59 Å². The van der Waals surface area contributed by atoms with Gasteiger partial charge < -0.3 is 20.4 Å². The fourth-order valence-corrected chi connectivity index (χ4v) is 6.60. The Labute approximate surface area is 183 Å². The van der Waals surface area contributed by atoms with E-state index in [1.54, 1.807) is 0 Å². The van der Waals surface area contributed by atoms with Crippen LogP contribution in [0.2, 0.25) is 0 Å². The lowest BCUT2D eigenvalue weighted by Gasteiger charge is -2.34. The molecule has 7 nitrogen and oxygen atoms in total.